The highest BCUT2D eigenvalue weighted by Crippen LogP contribution is 2.22. The lowest BCUT2D eigenvalue weighted by atomic mass is 10.1. The van der Waals surface area contributed by atoms with Crippen molar-refractivity contribution in [2.75, 3.05) is 12.9 Å². The third kappa shape index (κ3) is 5.01. The van der Waals surface area contributed by atoms with Crippen LogP contribution in [0.3, 0.4) is 0 Å². The quantitative estimate of drug-likeness (QED) is 0.629. The van der Waals surface area contributed by atoms with Crippen LogP contribution < -0.4 is 10.1 Å². The predicted octanol–water partition coefficient (Wildman–Crippen LogP) is 3.81. The van der Waals surface area contributed by atoms with Gasteiger partial charge in [-0.3, -0.25) is 9.36 Å². The number of benzene rings is 1. The highest BCUT2D eigenvalue weighted by atomic mass is 32.2. The van der Waals surface area contributed by atoms with Crippen molar-refractivity contribution >= 4 is 17.7 Å². The van der Waals surface area contributed by atoms with Crippen molar-refractivity contribution in [3.63, 3.8) is 0 Å². The first kappa shape index (κ1) is 17.9. The highest BCUT2D eigenvalue weighted by Gasteiger charge is 2.15. The maximum atomic E-state index is 12.3. The number of hydrogen-bond acceptors (Lipinski definition) is 4. The zero-order valence-electron chi connectivity index (χ0n) is 14.6. The Morgan fingerprint density at radius 3 is 2.64 bits per heavy atom. The summed E-state index contributed by atoms with van der Waals surface area (Å²) in [4.78, 5) is 16.6. The Morgan fingerprint density at radius 2 is 1.96 bits per heavy atom. The summed E-state index contributed by atoms with van der Waals surface area (Å²) in [6.45, 7) is 0. The van der Waals surface area contributed by atoms with E-state index in [-0.39, 0.29) is 5.91 Å². The summed E-state index contributed by atoms with van der Waals surface area (Å²) in [7, 11) is 1.65. The van der Waals surface area contributed by atoms with Crippen molar-refractivity contribution in [1.82, 2.24) is 14.9 Å². The first-order valence-corrected chi connectivity index (χ1v) is 9.85. The first-order chi connectivity index (χ1) is 12.3. The van der Waals surface area contributed by atoms with Crippen LogP contribution in [-0.4, -0.2) is 34.4 Å². The number of amides is 1. The second-order valence-electron chi connectivity index (χ2n) is 6.32. The standard InChI is InChI=1S/C19H25N3O2S/c1-24-17-10-8-16(9-11-17)22-13-12-20-19(22)25-14-18(23)21-15-6-4-2-3-5-7-15/h8-13,15H,2-7,14H2,1H3,(H,21,23). The fraction of sp³-hybridized carbons (Fsp3) is 0.474. The molecule has 3 rings (SSSR count). The number of carbonyl (C=O) groups excluding carboxylic acids is 1. The zero-order chi connectivity index (χ0) is 17.5. The Hall–Kier alpha value is -1.95. The predicted molar refractivity (Wildman–Crippen MR) is 100 cm³/mol. The van der Waals surface area contributed by atoms with Crippen molar-refractivity contribution in [2.45, 2.75) is 49.7 Å². The maximum absolute atomic E-state index is 12.3. The molecule has 1 aromatic heterocycles. The largest absolute Gasteiger partial charge is 0.497 e. The molecular weight excluding hydrogens is 334 g/mol. The van der Waals surface area contributed by atoms with E-state index in [1.165, 1.54) is 37.4 Å². The van der Waals surface area contributed by atoms with Gasteiger partial charge in [0.25, 0.3) is 0 Å². The molecule has 134 valence electrons. The van der Waals surface area contributed by atoms with Crippen LogP contribution in [0.4, 0.5) is 0 Å². The van der Waals surface area contributed by atoms with Crippen LogP contribution in [0, 0.1) is 0 Å². The monoisotopic (exact) mass is 359 g/mol. The third-order valence-electron chi connectivity index (χ3n) is 4.51. The number of methoxy groups -OCH3 is 1. The van der Waals surface area contributed by atoms with Gasteiger partial charge in [0.15, 0.2) is 5.16 Å². The molecule has 0 saturated heterocycles. The van der Waals surface area contributed by atoms with E-state index >= 15 is 0 Å². The van der Waals surface area contributed by atoms with Crippen molar-refractivity contribution in [3.05, 3.63) is 36.7 Å². The number of carbonyl (C=O) groups is 1. The van der Waals surface area contributed by atoms with Crippen LogP contribution in [0.15, 0.2) is 41.8 Å². The van der Waals surface area contributed by atoms with E-state index in [1.54, 1.807) is 13.3 Å². The Balaban J connectivity index is 1.56. The van der Waals surface area contributed by atoms with Crippen LogP contribution in [0.1, 0.15) is 38.5 Å². The number of thioether (sulfide) groups is 1. The number of hydrogen-bond donors (Lipinski definition) is 1. The molecule has 0 aliphatic heterocycles. The van der Waals surface area contributed by atoms with Gasteiger partial charge in [0.1, 0.15) is 5.75 Å². The van der Waals surface area contributed by atoms with Gasteiger partial charge in [0, 0.05) is 24.1 Å². The van der Waals surface area contributed by atoms with Gasteiger partial charge in [-0.05, 0) is 37.1 Å². The Kier molecular flexibility index (Phi) is 6.39. The number of imidazole rings is 1. The number of ether oxygens (including phenoxy) is 1. The summed E-state index contributed by atoms with van der Waals surface area (Å²) in [5.74, 6) is 1.31. The molecule has 1 aromatic carbocycles. The molecule has 1 aliphatic rings. The topological polar surface area (TPSA) is 56.2 Å². The van der Waals surface area contributed by atoms with Crippen LogP contribution in [-0.2, 0) is 4.79 Å². The summed E-state index contributed by atoms with van der Waals surface area (Å²) in [6, 6.07) is 8.15. The smallest absolute Gasteiger partial charge is 0.230 e. The minimum Gasteiger partial charge on any atom is -0.497 e. The molecule has 0 bridgehead atoms. The lowest BCUT2D eigenvalue weighted by Gasteiger charge is -2.16. The summed E-state index contributed by atoms with van der Waals surface area (Å²) in [5, 5.41) is 4.00. The maximum Gasteiger partial charge on any atom is 0.230 e. The van der Waals surface area contributed by atoms with Crippen LogP contribution in [0.5, 0.6) is 5.75 Å². The summed E-state index contributed by atoms with van der Waals surface area (Å²) in [6.07, 6.45) is 10.9. The number of nitrogens with one attached hydrogen (secondary N) is 1. The molecule has 1 saturated carbocycles. The fourth-order valence-electron chi connectivity index (χ4n) is 3.16. The Bertz CT molecular complexity index is 676. The van der Waals surface area contributed by atoms with E-state index in [0.29, 0.717) is 11.8 Å². The molecule has 6 heteroatoms. The molecule has 1 fully saturated rings. The average molecular weight is 359 g/mol. The van der Waals surface area contributed by atoms with Gasteiger partial charge in [0.05, 0.1) is 12.9 Å². The molecule has 0 atom stereocenters. The van der Waals surface area contributed by atoms with Crippen molar-refractivity contribution in [1.29, 1.82) is 0 Å². The van der Waals surface area contributed by atoms with E-state index < -0.39 is 0 Å². The third-order valence-corrected chi connectivity index (χ3v) is 5.48. The summed E-state index contributed by atoms with van der Waals surface area (Å²) in [5.41, 5.74) is 1.00. The molecule has 5 nitrogen and oxygen atoms in total. The van der Waals surface area contributed by atoms with Gasteiger partial charge in [-0.25, -0.2) is 4.98 Å². The molecule has 0 radical (unpaired) electrons. The van der Waals surface area contributed by atoms with Gasteiger partial charge < -0.3 is 10.1 Å². The molecular formula is C19H25N3O2S. The second-order valence-corrected chi connectivity index (χ2v) is 7.27. The second kappa shape index (κ2) is 8.94. The SMILES string of the molecule is COc1ccc(-n2ccnc2SCC(=O)NC2CCCCCC2)cc1. The van der Waals surface area contributed by atoms with E-state index in [0.717, 1.165) is 29.4 Å². The van der Waals surface area contributed by atoms with Gasteiger partial charge in [0.2, 0.25) is 5.91 Å². The first-order valence-electron chi connectivity index (χ1n) is 8.86. The molecule has 1 aliphatic carbocycles. The van der Waals surface area contributed by atoms with Crippen molar-refractivity contribution < 1.29 is 9.53 Å². The van der Waals surface area contributed by atoms with E-state index in [9.17, 15) is 4.79 Å². The molecule has 1 heterocycles. The van der Waals surface area contributed by atoms with E-state index in [1.807, 2.05) is 35.0 Å². The molecule has 1 N–H and O–H groups in total. The Labute approximate surface area is 153 Å². The minimum atomic E-state index is 0.0983. The molecule has 2 aromatic rings. The van der Waals surface area contributed by atoms with Crippen LogP contribution >= 0.6 is 11.8 Å². The van der Waals surface area contributed by atoms with Crippen molar-refractivity contribution in [2.24, 2.45) is 0 Å². The highest BCUT2D eigenvalue weighted by molar-refractivity contribution is 7.99. The van der Waals surface area contributed by atoms with Gasteiger partial charge in [-0.1, -0.05) is 37.4 Å². The van der Waals surface area contributed by atoms with Gasteiger partial charge >= 0.3 is 0 Å². The summed E-state index contributed by atoms with van der Waals surface area (Å²) >= 11 is 1.47. The number of rotatable bonds is 6. The minimum absolute atomic E-state index is 0.0983. The average Bonchev–Trinajstić information content (AvgIpc) is 2.96. The van der Waals surface area contributed by atoms with Gasteiger partial charge in [-0.15, -0.1) is 0 Å². The number of nitrogens with zero attached hydrogens (tertiary/aromatic N) is 2. The molecule has 0 spiro atoms. The lowest BCUT2D eigenvalue weighted by molar-refractivity contribution is -0.119. The number of aromatic nitrogens is 2. The Morgan fingerprint density at radius 1 is 1.24 bits per heavy atom. The van der Waals surface area contributed by atoms with Gasteiger partial charge in [-0.2, -0.15) is 0 Å². The molecule has 0 unspecified atom stereocenters. The summed E-state index contributed by atoms with van der Waals surface area (Å²) < 4.78 is 7.18. The van der Waals surface area contributed by atoms with E-state index in [2.05, 4.69) is 10.3 Å². The fourth-order valence-corrected chi connectivity index (χ4v) is 3.94. The lowest BCUT2D eigenvalue weighted by Crippen LogP contribution is -2.35. The zero-order valence-corrected chi connectivity index (χ0v) is 15.4. The van der Waals surface area contributed by atoms with Crippen molar-refractivity contribution in [3.8, 4) is 11.4 Å². The normalized spacial score (nSPS) is 15.6. The van der Waals surface area contributed by atoms with E-state index in [4.69, 9.17) is 4.74 Å². The van der Waals surface area contributed by atoms with Crippen LogP contribution in [0.2, 0.25) is 0 Å². The molecule has 25 heavy (non-hydrogen) atoms. The van der Waals surface area contributed by atoms with Crippen LogP contribution in [0.25, 0.3) is 5.69 Å². The molecule has 1 amide bonds.